The Hall–Kier alpha value is -1.02. The molecule has 2 aliphatic carbocycles. The molecule has 0 unspecified atom stereocenters. The van der Waals surface area contributed by atoms with E-state index in [1.165, 1.54) is 62.5 Å². The summed E-state index contributed by atoms with van der Waals surface area (Å²) in [5, 5.41) is 0. The summed E-state index contributed by atoms with van der Waals surface area (Å²) in [5.41, 5.74) is 9.65. The molecule has 0 saturated heterocycles. The summed E-state index contributed by atoms with van der Waals surface area (Å²) in [4.78, 5) is 0. The summed E-state index contributed by atoms with van der Waals surface area (Å²) < 4.78 is 6.51. The average molecular weight is 285 g/mol. The Labute approximate surface area is 128 Å². The molecule has 1 aromatic carbocycles. The molecule has 4 rings (SSSR count). The minimum absolute atomic E-state index is 0.0233. The molecule has 1 heterocycles. The number of rotatable bonds is 0. The molecule has 1 aromatic rings. The van der Waals surface area contributed by atoms with Gasteiger partial charge in [-0.25, -0.2) is 0 Å². The largest absolute Gasteiger partial charge is 0.487 e. The first-order valence-electron chi connectivity index (χ1n) is 8.65. The fourth-order valence-corrected chi connectivity index (χ4v) is 5.00. The molecule has 3 aliphatic rings. The van der Waals surface area contributed by atoms with Gasteiger partial charge in [0.2, 0.25) is 0 Å². The third-order valence-electron chi connectivity index (χ3n) is 6.37. The lowest BCUT2D eigenvalue weighted by molar-refractivity contribution is -0.0327. The van der Waals surface area contributed by atoms with E-state index in [0.29, 0.717) is 5.41 Å². The van der Waals surface area contributed by atoms with Crippen molar-refractivity contribution >= 4 is 0 Å². The van der Waals surface area contributed by atoms with Crippen LogP contribution in [0.2, 0.25) is 0 Å². The van der Waals surface area contributed by atoms with E-state index in [1.807, 2.05) is 0 Å². The maximum absolute atomic E-state index is 6.51. The van der Waals surface area contributed by atoms with Crippen molar-refractivity contribution in [2.24, 2.45) is 11.1 Å². The van der Waals surface area contributed by atoms with E-state index in [1.54, 1.807) is 0 Å². The Kier molecular flexibility index (Phi) is 3.08. The molecule has 2 heteroatoms. The van der Waals surface area contributed by atoms with Crippen LogP contribution in [0.3, 0.4) is 0 Å². The van der Waals surface area contributed by atoms with E-state index in [2.05, 4.69) is 25.1 Å². The number of hydrogen-bond donors (Lipinski definition) is 1. The molecule has 2 nitrogen and oxygen atoms in total. The molecular weight excluding hydrogens is 258 g/mol. The van der Waals surface area contributed by atoms with Gasteiger partial charge in [0.25, 0.3) is 0 Å². The predicted octanol–water partition coefficient (Wildman–Crippen LogP) is 4.65. The van der Waals surface area contributed by atoms with E-state index in [9.17, 15) is 0 Å². The van der Waals surface area contributed by atoms with Crippen LogP contribution in [0.25, 0.3) is 0 Å². The van der Waals surface area contributed by atoms with Crippen molar-refractivity contribution in [3.05, 3.63) is 29.3 Å². The SMILES string of the molecule is Cc1ccc2c(c1)[C@H](N)CC1(CCC3(CCCC3)CC1)O2. The highest BCUT2D eigenvalue weighted by molar-refractivity contribution is 5.41. The van der Waals surface area contributed by atoms with Gasteiger partial charge in [-0.05, 0) is 56.9 Å². The molecular formula is C19H27NO. The summed E-state index contributed by atoms with van der Waals surface area (Å²) >= 11 is 0. The third kappa shape index (κ3) is 2.28. The van der Waals surface area contributed by atoms with Crippen LogP contribution in [0.15, 0.2) is 18.2 Å². The Morgan fingerprint density at radius 1 is 1.05 bits per heavy atom. The van der Waals surface area contributed by atoms with Gasteiger partial charge in [0.1, 0.15) is 11.4 Å². The van der Waals surface area contributed by atoms with Crippen molar-refractivity contribution in [3.63, 3.8) is 0 Å². The van der Waals surface area contributed by atoms with Gasteiger partial charge >= 0.3 is 0 Å². The number of ether oxygens (including phenoxy) is 1. The maximum atomic E-state index is 6.51. The summed E-state index contributed by atoms with van der Waals surface area (Å²) in [7, 11) is 0. The highest BCUT2D eigenvalue weighted by atomic mass is 16.5. The van der Waals surface area contributed by atoms with Crippen molar-refractivity contribution < 1.29 is 4.74 Å². The monoisotopic (exact) mass is 285 g/mol. The van der Waals surface area contributed by atoms with Crippen LogP contribution in [0.5, 0.6) is 5.75 Å². The van der Waals surface area contributed by atoms with E-state index >= 15 is 0 Å². The molecule has 0 aromatic heterocycles. The topological polar surface area (TPSA) is 35.2 Å². The lowest BCUT2D eigenvalue weighted by atomic mass is 9.65. The fourth-order valence-electron chi connectivity index (χ4n) is 5.00. The van der Waals surface area contributed by atoms with Crippen LogP contribution < -0.4 is 10.5 Å². The molecule has 2 fully saturated rings. The zero-order valence-corrected chi connectivity index (χ0v) is 13.2. The number of benzene rings is 1. The van der Waals surface area contributed by atoms with Gasteiger partial charge in [-0.3, -0.25) is 0 Å². The van der Waals surface area contributed by atoms with Crippen LogP contribution in [-0.2, 0) is 0 Å². The Bertz CT molecular complexity index is 534. The van der Waals surface area contributed by atoms with Crippen molar-refractivity contribution in [1.29, 1.82) is 0 Å². The quantitative estimate of drug-likeness (QED) is 0.753. The predicted molar refractivity (Wildman–Crippen MR) is 85.5 cm³/mol. The van der Waals surface area contributed by atoms with E-state index in [0.717, 1.165) is 12.2 Å². The second kappa shape index (κ2) is 4.74. The number of nitrogens with two attached hydrogens (primary N) is 1. The number of aryl methyl sites for hydroxylation is 1. The van der Waals surface area contributed by atoms with Gasteiger partial charge in [0, 0.05) is 18.0 Å². The summed E-state index contributed by atoms with van der Waals surface area (Å²) in [5.74, 6) is 1.04. The second-order valence-corrected chi connectivity index (χ2v) is 7.84. The van der Waals surface area contributed by atoms with Crippen molar-refractivity contribution in [1.82, 2.24) is 0 Å². The minimum atomic E-state index is 0.0233. The summed E-state index contributed by atoms with van der Waals surface area (Å²) in [6.45, 7) is 2.13. The molecule has 0 amide bonds. The molecule has 2 spiro atoms. The zero-order valence-electron chi connectivity index (χ0n) is 13.2. The number of fused-ring (bicyclic) bond motifs is 1. The molecule has 0 bridgehead atoms. The van der Waals surface area contributed by atoms with Crippen molar-refractivity contribution in [3.8, 4) is 5.75 Å². The zero-order chi connectivity index (χ0) is 14.5. The third-order valence-corrected chi connectivity index (χ3v) is 6.37. The van der Waals surface area contributed by atoms with Gasteiger partial charge < -0.3 is 10.5 Å². The van der Waals surface area contributed by atoms with E-state index in [4.69, 9.17) is 10.5 Å². The van der Waals surface area contributed by atoms with Crippen molar-refractivity contribution in [2.75, 3.05) is 0 Å². The maximum Gasteiger partial charge on any atom is 0.124 e. The average Bonchev–Trinajstić information content (AvgIpc) is 2.93. The van der Waals surface area contributed by atoms with Crippen LogP contribution in [-0.4, -0.2) is 5.60 Å². The highest BCUT2D eigenvalue weighted by Crippen LogP contribution is 2.55. The van der Waals surface area contributed by atoms with E-state index < -0.39 is 0 Å². The van der Waals surface area contributed by atoms with Gasteiger partial charge in [-0.2, -0.15) is 0 Å². The molecule has 2 N–H and O–H groups in total. The smallest absolute Gasteiger partial charge is 0.124 e. The first kappa shape index (κ1) is 13.6. The normalized spacial score (nSPS) is 29.3. The second-order valence-electron chi connectivity index (χ2n) is 7.84. The molecule has 114 valence electrons. The molecule has 1 aliphatic heterocycles. The van der Waals surface area contributed by atoms with Crippen LogP contribution >= 0.6 is 0 Å². The first-order valence-corrected chi connectivity index (χ1v) is 8.65. The van der Waals surface area contributed by atoms with Gasteiger partial charge in [0.15, 0.2) is 0 Å². The van der Waals surface area contributed by atoms with Crippen LogP contribution in [0, 0.1) is 12.3 Å². The van der Waals surface area contributed by atoms with Gasteiger partial charge in [-0.1, -0.05) is 30.5 Å². The standard InChI is InChI=1S/C19H27NO/c1-14-4-5-17-15(12-14)16(20)13-19(21-17)10-8-18(9-11-19)6-2-3-7-18/h4-5,12,16H,2-3,6-11,13,20H2,1H3/t16-/m1/s1. The molecule has 2 saturated carbocycles. The van der Waals surface area contributed by atoms with Crippen LogP contribution in [0.4, 0.5) is 0 Å². The van der Waals surface area contributed by atoms with Gasteiger partial charge in [0.05, 0.1) is 0 Å². The lowest BCUT2D eigenvalue weighted by Gasteiger charge is -2.48. The Balaban J connectivity index is 1.56. The van der Waals surface area contributed by atoms with Crippen LogP contribution in [0.1, 0.15) is 75.0 Å². The Morgan fingerprint density at radius 3 is 2.48 bits per heavy atom. The fraction of sp³-hybridized carbons (Fsp3) is 0.684. The first-order chi connectivity index (χ1) is 10.1. The van der Waals surface area contributed by atoms with E-state index in [-0.39, 0.29) is 11.6 Å². The Morgan fingerprint density at radius 2 is 1.76 bits per heavy atom. The highest BCUT2D eigenvalue weighted by Gasteiger charge is 2.47. The summed E-state index contributed by atoms with van der Waals surface area (Å²) in [6, 6.07) is 6.62. The minimum Gasteiger partial charge on any atom is -0.487 e. The molecule has 21 heavy (non-hydrogen) atoms. The molecule has 0 radical (unpaired) electrons. The van der Waals surface area contributed by atoms with Gasteiger partial charge in [-0.15, -0.1) is 0 Å². The lowest BCUT2D eigenvalue weighted by Crippen LogP contribution is -2.47. The summed E-state index contributed by atoms with van der Waals surface area (Å²) in [6.07, 6.45) is 11.9. The molecule has 1 atom stereocenters. The number of hydrogen-bond acceptors (Lipinski definition) is 2. The van der Waals surface area contributed by atoms with Crippen molar-refractivity contribution in [2.45, 2.75) is 76.4 Å².